The van der Waals surface area contributed by atoms with Gasteiger partial charge in [0, 0.05) is 18.4 Å². The summed E-state index contributed by atoms with van der Waals surface area (Å²) in [4.78, 5) is 48.9. The first kappa shape index (κ1) is 47.2. The molecule has 0 aliphatic carbocycles. The molecule has 1 amide bonds. The molecule has 0 bridgehead atoms. The third kappa shape index (κ3) is 9.61. The topological polar surface area (TPSA) is 247 Å². The van der Waals surface area contributed by atoms with Crippen molar-refractivity contribution < 1.29 is 71.3 Å². The maximum Gasteiger partial charge on any atom is 0.305 e. The average molecular weight is 934 g/mol. The first-order valence-corrected chi connectivity index (χ1v) is 21.4. The summed E-state index contributed by atoms with van der Waals surface area (Å²) in [5, 5.41) is 50.7. The molecule has 9 atom stereocenters. The molecule has 3 aromatic heterocycles. The standard InChI is InChI=1S/C46H46F3N5O13/c1-5-7-32(55)62-18-31-38(58)30(17-33(56)64-31)66-46-40(60)39(59)42(67-46)45(61)52-43-35-36(23-10-12-29(27(49)15-23)63-20(2)3)53-54(44(35)51-19-50-43)21(4)41-34(22-8-6-9-24(47)14-22)37(57)26-16-25(48)11-13-28(26)65-41/h6,8-16,19-21,30-31,33,38-40,42,46,56,58-60H,5,7,17-18H2,1-4H3,(H,50,51,52,61)/t21-,30+,31-,33+,38-,39+,40?,42+,46+/m0/s1. The number of carbonyl (C=O) groups is 2. The van der Waals surface area contributed by atoms with E-state index in [1.54, 1.807) is 27.7 Å². The fourth-order valence-electron chi connectivity index (χ4n) is 8.02. The molecule has 8 rings (SSSR count). The zero-order chi connectivity index (χ0) is 47.8. The molecule has 5 N–H and O–H groups in total. The van der Waals surface area contributed by atoms with E-state index in [1.165, 1.54) is 41.1 Å². The minimum Gasteiger partial charge on any atom is -0.488 e. The van der Waals surface area contributed by atoms with Gasteiger partial charge in [-0.1, -0.05) is 19.1 Å². The van der Waals surface area contributed by atoms with Crippen molar-refractivity contribution in [3.8, 4) is 28.1 Å². The molecule has 21 heteroatoms. The van der Waals surface area contributed by atoms with Crippen LogP contribution in [0.2, 0.25) is 0 Å². The van der Waals surface area contributed by atoms with Crippen LogP contribution in [0.3, 0.4) is 0 Å². The molecule has 2 fully saturated rings. The summed E-state index contributed by atoms with van der Waals surface area (Å²) in [6, 6.07) is 11.5. The maximum absolute atomic E-state index is 15.7. The summed E-state index contributed by atoms with van der Waals surface area (Å²) in [6.07, 6.45) is -11.8. The van der Waals surface area contributed by atoms with Crippen molar-refractivity contribution in [1.29, 1.82) is 0 Å². The quantitative estimate of drug-likeness (QED) is 0.0932. The number of carbonyl (C=O) groups excluding carboxylic acids is 2. The van der Waals surface area contributed by atoms with Crippen LogP contribution in [0.5, 0.6) is 5.75 Å². The molecule has 1 unspecified atom stereocenters. The number of fused-ring (bicyclic) bond motifs is 2. The number of halogens is 3. The Bertz CT molecular complexity index is 2880. The Labute approximate surface area is 378 Å². The molecule has 0 spiro atoms. The molecule has 3 aromatic carbocycles. The number of anilines is 1. The number of hydrogen-bond acceptors (Lipinski definition) is 16. The molecule has 2 aliphatic heterocycles. The second-order valence-electron chi connectivity index (χ2n) is 16.4. The number of rotatable bonds is 14. The van der Waals surface area contributed by atoms with Crippen LogP contribution in [0.15, 0.2) is 76.2 Å². The van der Waals surface area contributed by atoms with Crippen molar-refractivity contribution >= 4 is 39.7 Å². The Morgan fingerprint density at radius 2 is 1.70 bits per heavy atom. The number of hydrogen-bond donors (Lipinski definition) is 5. The van der Waals surface area contributed by atoms with Crippen molar-refractivity contribution in [2.75, 3.05) is 11.9 Å². The summed E-state index contributed by atoms with van der Waals surface area (Å²) in [5.41, 5.74) is -0.530. The van der Waals surface area contributed by atoms with Gasteiger partial charge in [-0.25, -0.2) is 27.8 Å². The fraction of sp³-hybridized carbons (Fsp3) is 0.391. The summed E-state index contributed by atoms with van der Waals surface area (Å²) in [5.74, 6) is -4.08. The van der Waals surface area contributed by atoms with Gasteiger partial charge in [-0.15, -0.1) is 0 Å². The molecule has 5 heterocycles. The number of ether oxygens (including phenoxy) is 5. The lowest BCUT2D eigenvalue weighted by Gasteiger charge is -2.38. The van der Waals surface area contributed by atoms with Gasteiger partial charge in [0.15, 0.2) is 35.9 Å². The van der Waals surface area contributed by atoms with Crippen molar-refractivity contribution in [2.45, 2.75) is 108 Å². The van der Waals surface area contributed by atoms with Crippen molar-refractivity contribution in [3.63, 3.8) is 0 Å². The molecule has 354 valence electrons. The third-order valence-corrected chi connectivity index (χ3v) is 11.2. The van der Waals surface area contributed by atoms with Crippen LogP contribution in [0, 0.1) is 17.5 Å². The first-order chi connectivity index (χ1) is 32.0. The Kier molecular flexibility index (Phi) is 13.7. The van der Waals surface area contributed by atoms with Crippen LogP contribution in [-0.2, 0) is 28.5 Å². The van der Waals surface area contributed by atoms with E-state index < -0.39 is 96.6 Å². The van der Waals surface area contributed by atoms with Gasteiger partial charge in [0.25, 0.3) is 5.91 Å². The van der Waals surface area contributed by atoms with Crippen LogP contribution in [-0.4, -0.2) is 114 Å². The molecule has 2 aliphatic rings. The van der Waals surface area contributed by atoms with Gasteiger partial charge in [-0.2, -0.15) is 5.10 Å². The van der Waals surface area contributed by atoms with Gasteiger partial charge in [0.05, 0.1) is 28.5 Å². The number of aromatic nitrogens is 4. The third-order valence-electron chi connectivity index (χ3n) is 11.2. The second kappa shape index (κ2) is 19.5. The van der Waals surface area contributed by atoms with Crippen LogP contribution in [0.4, 0.5) is 19.0 Å². The Hall–Kier alpha value is -6.33. The van der Waals surface area contributed by atoms with E-state index in [1.807, 2.05) is 0 Å². The van der Waals surface area contributed by atoms with Gasteiger partial charge in [0.1, 0.15) is 77.9 Å². The van der Waals surface area contributed by atoms with Crippen LogP contribution < -0.4 is 15.5 Å². The molecular weight excluding hydrogens is 888 g/mol. The molecular formula is C46H46F3N5O13. The summed E-state index contributed by atoms with van der Waals surface area (Å²) < 4.78 is 80.0. The van der Waals surface area contributed by atoms with Gasteiger partial charge in [0.2, 0.25) is 5.43 Å². The van der Waals surface area contributed by atoms with Crippen LogP contribution in [0.1, 0.15) is 58.8 Å². The minimum atomic E-state index is -1.91. The van der Waals surface area contributed by atoms with Crippen LogP contribution in [0.25, 0.3) is 44.4 Å². The normalized spacial score (nSPS) is 23.5. The highest BCUT2D eigenvalue weighted by molar-refractivity contribution is 6.06. The van der Waals surface area contributed by atoms with E-state index in [0.29, 0.717) is 6.42 Å². The molecule has 6 aromatic rings. The Morgan fingerprint density at radius 1 is 0.925 bits per heavy atom. The average Bonchev–Trinajstić information content (AvgIpc) is 3.81. The highest BCUT2D eigenvalue weighted by Crippen LogP contribution is 2.39. The lowest BCUT2D eigenvalue weighted by atomic mass is 9.99. The van der Waals surface area contributed by atoms with Crippen LogP contribution >= 0.6 is 0 Å². The van der Waals surface area contributed by atoms with Gasteiger partial charge < -0.3 is 53.8 Å². The Morgan fingerprint density at radius 3 is 2.43 bits per heavy atom. The zero-order valence-electron chi connectivity index (χ0n) is 36.3. The van der Waals surface area contributed by atoms with E-state index >= 15 is 4.39 Å². The van der Waals surface area contributed by atoms with Crippen molar-refractivity contribution in [2.24, 2.45) is 0 Å². The molecule has 2 saturated heterocycles. The number of amides is 1. The van der Waals surface area contributed by atoms with E-state index in [4.69, 9.17) is 33.2 Å². The first-order valence-electron chi connectivity index (χ1n) is 21.4. The fourth-order valence-corrected chi connectivity index (χ4v) is 8.02. The predicted molar refractivity (Wildman–Crippen MR) is 230 cm³/mol. The number of benzene rings is 3. The van der Waals surface area contributed by atoms with E-state index in [2.05, 4.69) is 15.3 Å². The number of aliphatic hydroxyl groups excluding tert-OH is 4. The van der Waals surface area contributed by atoms with Crippen molar-refractivity contribution in [1.82, 2.24) is 19.7 Å². The Balaban J connectivity index is 1.15. The van der Waals surface area contributed by atoms with E-state index in [-0.39, 0.29) is 80.7 Å². The summed E-state index contributed by atoms with van der Waals surface area (Å²) >= 11 is 0. The highest BCUT2D eigenvalue weighted by atomic mass is 19.1. The maximum atomic E-state index is 15.7. The number of esters is 1. The highest BCUT2D eigenvalue weighted by Gasteiger charge is 2.50. The summed E-state index contributed by atoms with van der Waals surface area (Å²) in [7, 11) is 0. The van der Waals surface area contributed by atoms with Gasteiger partial charge >= 0.3 is 5.97 Å². The monoisotopic (exact) mass is 933 g/mol. The second-order valence-corrected chi connectivity index (χ2v) is 16.4. The summed E-state index contributed by atoms with van der Waals surface area (Å²) in [6.45, 7) is 6.39. The molecule has 18 nitrogen and oxygen atoms in total. The lowest BCUT2D eigenvalue weighted by molar-refractivity contribution is -0.283. The zero-order valence-corrected chi connectivity index (χ0v) is 36.3. The largest absolute Gasteiger partial charge is 0.488 e. The molecule has 0 saturated carbocycles. The lowest BCUT2D eigenvalue weighted by Crippen LogP contribution is -2.53. The molecule has 0 radical (unpaired) electrons. The molecule has 67 heavy (non-hydrogen) atoms. The SMILES string of the molecule is CCCC(=O)OC[C@@H]1O[C@@H](O)C[C@@H](O[C@@H]2O[C@@H](C(=O)Nc3ncnc4c3c(-c3ccc(OC(C)C)c(F)c3)nn4[C@@H](C)c3oc4ccc(F)cc4c(=O)c3-c3cccc(F)c3)[C@H](O)C2O)[C@@H]1O. The predicted octanol–water partition coefficient (Wildman–Crippen LogP) is 4.66. The van der Waals surface area contributed by atoms with E-state index in [0.717, 1.165) is 30.6 Å². The van der Waals surface area contributed by atoms with E-state index in [9.17, 15) is 43.6 Å². The van der Waals surface area contributed by atoms with Gasteiger partial charge in [-0.05, 0) is 81.3 Å². The number of aliphatic hydroxyl groups is 4. The minimum absolute atomic E-state index is 0.00103. The number of nitrogens with one attached hydrogen (secondary N) is 1. The van der Waals surface area contributed by atoms with Gasteiger partial charge in [-0.3, -0.25) is 14.4 Å². The number of nitrogens with zero attached hydrogens (tertiary/aromatic N) is 4. The van der Waals surface area contributed by atoms with Crippen molar-refractivity contribution in [3.05, 3.63) is 100 Å². The smallest absolute Gasteiger partial charge is 0.305 e.